The summed E-state index contributed by atoms with van der Waals surface area (Å²) in [6.45, 7) is 2.94. The number of benzene rings is 2. The van der Waals surface area contributed by atoms with Crippen LogP contribution in [-0.2, 0) is 4.74 Å². The number of carbonyl (C=O) groups is 1. The van der Waals surface area contributed by atoms with Gasteiger partial charge in [-0.15, -0.1) is 0 Å². The number of nitrogens with zero attached hydrogens (tertiary/aromatic N) is 4. The Hall–Kier alpha value is -3.75. The van der Waals surface area contributed by atoms with E-state index < -0.39 is 11.8 Å². The summed E-state index contributed by atoms with van der Waals surface area (Å²) < 4.78 is 24.7. The van der Waals surface area contributed by atoms with Crippen LogP contribution in [0.5, 0.6) is 11.8 Å². The highest BCUT2D eigenvalue weighted by atomic mass is 19.1. The lowest BCUT2D eigenvalue weighted by Crippen LogP contribution is -2.38. The van der Waals surface area contributed by atoms with Crippen molar-refractivity contribution in [3.05, 3.63) is 59.9 Å². The van der Waals surface area contributed by atoms with E-state index in [9.17, 15) is 9.18 Å². The van der Waals surface area contributed by atoms with Gasteiger partial charge in [0.25, 0.3) is 0 Å². The van der Waals surface area contributed by atoms with Gasteiger partial charge in [-0.1, -0.05) is 12.1 Å². The molecule has 0 unspecified atom stereocenters. The number of halogens is 1. The number of piperidine rings is 1. The number of para-hydroxylation sites is 1. The summed E-state index contributed by atoms with van der Waals surface area (Å²) in [5, 5.41) is 2.92. The van der Waals surface area contributed by atoms with Crippen molar-refractivity contribution in [3.63, 3.8) is 0 Å². The van der Waals surface area contributed by atoms with E-state index in [2.05, 4.69) is 32.1 Å². The van der Waals surface area contributed by atoms with Crippen LogP contribution in [0.15, 0.2) is 48.5 Å². The molecule has 0 spiro atoms. The highest BCUT2D eigenvalue weighted by molar-refractivity contribution is 5.89. The van der Waals surface area contributed by atoms with Gasteiger partial charge in [-0.2, -0.15) is 15.0 Å². The fourth-order valence-corrected chi connectivity index (χ4v) is 3.54. The third-order valence-electron chi connectivity index (χ3n) is 5.27. The Morgan fingerprint density at radius 3 is 2.59 bits per heavy atom. The van der Waals surface area contributed by atoms with Crippen molar-refractivity contribution in [1.29, 1.82) is 0 Å². The second-order valence-electron chi connectivity index (χ2n) is 7.50. The normalized spacial score (nSPS) is 15.8. The smallest absolute Gasteiger partial charge is 0.337 e. The minimum Gasteiger partial charge on any atom is -0.465 e. The van der Waals surface area contributed by atoms with Gasteiger partial charge in [0.1, 0.15) is 11.6 Å². The van der Waals surface area contributed by atoms with E-state index in [1.807, 2.05) is 0 Å². The second kappa shape index (κ2) is 9.59. The lowest BCUT2D eigenvalue weighted by atomic mass is 10.0. The first kappa shape index (κ1) is 21.5. The molecule has 1 aromatic heterocycles. The first-order valence-electron chi connectivity index (χ1n) is 10.4. The van der Waals surface area contributed by atoms with Crippen molar-refractivity contribution in [3.8, 4) is 11.8 Å². The maximum Gasteiger partial charge on any atom is 0.337 e. The summed E-state index contributed by atoms with van der Waals surface area (Å²) in [7, 11) is 1.32. The fourth-order valence-electron chi connectivity index (χ4n) is 3.54. The first-order valence-corrected chi connectivity index (χ1v) is 10.4. The average molecular weight is 437 g/mol. The fraction of sp³-hybridized carbons (Fsp3) is 0.304. The average Bonchev–Trinajstić information content (AvgIpc) is 2.81. The number of methoxy groups -OCH3 is 1. The molecule has 0 saturated carbocycles. The topological polar surface area (TPSA) is 89.5 Å². The van der Waals surface area contributed by atoms with Crippen molar-refractivity contribution in [2.24, 2.45) is 0 Å². The molecule has 166 valence electrons. The van der Waals surface area contributed by atoms with Crippen LogP contribution in [0, 0.1) is 5.82 Å². The second-order valence-corrected chi connectivity index (χ2v) is 7.50. The molecule has 0 radical (unpaired) electrons. The van der Waals surface area contributed by atoms with Crippen LogP contribution in [0.4, 0.5) is 22.0 Å². The van der Waals surface area contributed by atoms with Crippen LogP contribution in [0.3, 0.4) is 0 Å². The van der Waals surface area contributed by atoms with Gasteiger partial charge in [-0.3, -0.25) is 0 Å². The van der Waals surface area contributed by atoms with Crippen LogP contribution in [-0.4, -0.2) is 40.6 Å². The first-order chi connectivity index (χ1) is 15.5. The Balaban J connectivity index is 1.65. The number of anilines is 3. The Bertz CT molecular complexity index is 1090. The molecule has 1 atom stereocenters. The SMILES string of the molecule is COC(=O)c1ccc(Oc2nc(Nc3ccccc3F)nc(N3CCCC[C@@H]3C)n2)cc1. The number of hydrogen-bond acceptors (Lipinski definition) is 8. The van der Waals surface area contributed by atoms with Crippen LogP contribution in [0.2, 0.25) is 0 Å². The van der Waals surface area contributed by atoms with Gasteiger partial charge >= 0.3 is 12.0 Å². The Morgan fingerprint density at radius 2 is 1.88 bits per heavy atom. The zero-order valence-corrected chi connectivity index (χ0v) is 17.9. The summed E-state index contributed by atoms with van der Waals surface area (Å²) in [5.74, 6) is 0.237. The summed E-state index contributed by atoms with van der Waals surface area (Å²) in [6, 6.07) is 13.1. The number of rotatable bonds is 6. The predicted octanol–water partition coefficient (Wildman–Crippen LogP) is 4.71. The zero-order valence-electron chi connectivity index (χ0n) is 17.9. The van der Waals surface area contributed by atoms with Gasteiger partial charge in [-0.25, -0.2) is 9.18 Å². The summed E-state index contributed by atoms with van der Waals surface area (Å²) in [6.07, 6.45) is 3.23. The van der Waals surface area contributed by atoms with E-state index in [0.717, 1.165) is 25.8 Å². The minimum atomic E-state index is -0.436. The molecule has 0 amide bonds. The molecule has 32 heavy (non-hydrogen) atoms. The quantitative estimate of drug-likeness (QED) is 0.555. The van der Waals surface area contributed by atoms with Crippen LogP contribution < -0.4 is 15.0 Å². The third-order valence-corrected chi connectivity index (χ3v) is 5.27. The molecule has 1 N–H and O–H groups in total. The highest BCUT2D eigenvalue weighted by Crippen LogP contribution is 2.27. The third kappa shape index (κ3) is 4.93. The number of ether oxygens (including phenoxy) is 2. The van der Waals surface area contributed by atoms with Crippen molar-refractivity contribution in [1.82, 2.24) is 15.0 Å². The lowest BCUT2D eigenvalue weighted by molar-refractivity contribution is 0.0600. The van der Waals surface area contributed by atoms with Crippen LogP contribution in [0.1, 0.15) is 36.5 Å². The Labute approximate surface area is 185 Å². The monoisotopic (exact) mass is 437 g/mol. The van der Waals surface area contributed by atoms with E-state index in [1.165, 1.54) is 13.2 Å². The minimum absolute atomic E-state index is 0.0671. The molecule has 4 rings (SSSR count). The molecule has 1 aliphatic heterocycles. The summed E-state index contributed by atoms with van der Waals surface area (Å²) in [5.41, 5.74) is 0.657. The number of esters is 1. The summed E-state index contributed by atoms with van der Waals surface area (Å²) >= 11 is 0. The lowest BCUT2D eigenvalue weighted by Gasteiger charge is -2.33. The molecule has 0 bridgehead atoms. The molecular formula is C23H24FN5O3. The van der Waals surface area contributed by atoms with Crippen molar-refractivity contribution in [2.45, 2.75) is 32.2 Å². The molecule has 2 aromatic carbocycles. The maximum atomic E-state index is 14.2. The molecule has 0 aliphatic carbocycles. The molecule has 2 heterocycles. The van der Waals surface area contributed by atoms with Gasteiger partial charge in [0.2, 0.25) is 11.9 Å². The molecule has 8 nitrogen and oxygen atoms in total. The molecule has 1 fully saturated rings. The molecular weight excluding hydrogens is 413 g/mol. The molecule has 9 heteroatoms. The van der Waals surface area contributed by atoms with Gasteiger partial charge in [0.05, 0.1) is 18.4 Å². The Kier molecular flexibility index (Phi) is 6.44. The van der Waals surface area contributed by atoms with Crippen molar-refractivity contribution >= 4 is 23.6 Å². The van der Waals surface area contributed by atoms with Gasteiger partial charge < -0.3 is 19.7 Å². The van der Waals surface area contributed by atoms with Gasteiger partial charge in [0.15, 0.2) is 0 Å². The van der Waals surface area contributed by atoms with E-state index in [1.54, 1.807) is 42.5 Å². The van der Waals surface area contributed by atoms with E-state index in [0.29, 0.717) is 17.3 Å². The van der Waals surface area contributed by atoms with Crippen molar-refractivity contribution < 1.29 is 18.7 Å². The van der Waals surface area contributed by atoms with Gasteiger partial charge in [-0.05, 0) is 62.6 Å². The largest absolute Gasteiger partial charge is 0.465 e. The number of carbonyl (C=O) groups excluding carboxylic acids is 1. The molecule has 3 aromatic rings. The highest BCUT2D eigenvalue weighted by Gasteiger charge is 2.23. The van der Waals surface area contributed by atoms with E-state index in [4.69, 9.17) is 9.47 Å². The molecule has 1 aliphatic rings. The molecule has 1 saturated heterocycles. The van der Waals surface area contributed by atoms with Crippen LogP contribution in [0.25, 0.3) is 0 Å². The van der Waals surface area contributed by atoms with Gasteiger partial charge in [0, 0.05) is 12.6 Å². The number of aromatic nitrogens is 3. The predicted molar refractivity (Wildman–Crippen MR) is 118 cm³/mol. The Morgan fingerprint density at radius 1 is 1.09 bits per heavy atom. The number of nitrogens with one attached hydrogen (secondary N) is 1. The van der Waals surface area contributed by atoms with Crippen molar-refractivity contribution in [2.75, 3.05) is 23.9 Å². The maximum absolute atomic E-state index is 14.2. The standard InChI is InChI=1S/C23H24FN5O3/c1-15-7-5-6-14-29(15)22-26-21(25-19-9-4-3-8-18(19)24)27-23(28-22)32-17-12-10-16(11-13-17)20(30)31-2/h3-4,8-13,15H,5-7,14H2,1-2H3,(H,25,26,27,28)/t15-/m0/s1. The van der Waals surface area contributed by atoms with E-state index >= 15 is 0 Å². The summed E-state index contributed by atoms with van der Waals surface area (Å²) in [4.78, 5) is 27.1. The zero-order chi connectivity index (χ0) is 22.5. The van der Waals surface area contributed by atoms with Crippen LogP contribution >= 0.6 is 0 Å². The number of hydrogen-bond donors (Lipinski definition) is 1. The van der Waals surface area contributed by atoms with E-state index in [-0.39, 0.29) is 23.7 Å².